The summed E-state index contributed by atoms with van der Waals surface area (Å²) in [5.74, 6) is 0. The van der Waals surface area contributed by atoms with E-state index < -0.39 is 22.5 Å². The van der Waals surface area contributed by atoms with Crippen LogP contribution in [0.1, 0.15) is 19.4 Å². The van der Waals surface area contributed by atoms with E-state index in [1.807, 2.05) is 0 Å². The van der Waals surface area contributed by atoms with Gasteiger partial charge in [0.1, 0.15) is 0 Å². The Labute approximate surface area is 94.1 Å². The van der Waals surface area contributed by atoms with Gasteiger partial charge in [0, 0.05) is 10.9 Å². The summed E-state index contributed by atoms with van der Waals surface area (Å²) in [6, 6.07) is 2.88. The minimum Gasteiger partial charge on any atom is -0.398 e. The molecule has 2 nitrogen and oxygen atoms in total. The molecule has 0 saturated heterocycles. The second kappa shape index (κ2) is 4.45. The van der Waals surface area contributed by atoms with Crippen molar-refractivity contribution >= 4 is 16.5 Å². The van der Waals surface area contributed by atoms with Gasteiger partial charge in [-0.3, -0.25) is 4.21 Å². The van der Waals surface area contributed by atoms with Crippen molar-refractivity contribution in [3.8, 4) is 0 Å². The quantitative estimate of drug-likeness (QED) is 0.821. The van der Waals surface area contributed by atoms with Gasteiger partial charge >= 0.3 is 6.18 Å². The predicted octanol–water partition coefficient (Wildman–Crippen LogP) is 2.80. The maximum Gasteiger partial charge on any atom is 0.416 e. The molecule has 1 unspecified atom stereocenters. The van der Waals surface area contributed by atoms with Gasteiger partial charge in [0.25, 0.3) is 0 Å². The Balaban J connectivity index is 3.15. The number of rotatable bonds is 2. The molecule has 0 spiro atoms. The molecule has 0 bridgehead atoms. The monoisotopic (exact) mass is 251 g/mol. The van der Waals surface area contributed by atoms with E-state index in [0.717, 1.165) is 12.1 Å². The minimum atomic E-state index is -4.42. The van der Waals surface area contributed by atoms with Crippen LogP contribution in [-0.4, -0.2) is 9.46 Å². The van der Waals surface area contributed by atoms with Crippen molar-refractivity contribution in [3.63, 3.8) is 0 Å². The standard InChI is InChI=1S/C10H12F3NOS/c1-6(2)16(15)9-4-3-7(5-8(9)14)10(11,12)13/h3-6H,14H2,1-2H3. The average molecular weight is 251 g/mol. The first-order valence-electron chi connectivity index (χ1n) is 4.60. The maximum atomic E-state index is 12.3. The van der Waals surface area contributed by atoms with E-state index in [0.29, 0.717) is 0 Å². The van der Waals surface area contributed by atoms with Crippen LogP contribution in [0.4, 0.5) is 18.9 Å². The van der Waals surface area contributed by atoms with E-state index in [4.69, 9.17) is 5.73 Å². The molecule has 2 N–H and O–H groups in total. The summed E-state index contributed by atoms with van der Waals surface area (Å²) in [5.41, 5.74) is 4.56. The highest BCUT2D eigenvalue weighted by Gasteiger charge is 2.31. The fraction of sp³-hybridized carbons (Fsp3) is 0.400. The van der Waals surface area contributed by atoms with Gasteiger partial charge in [0.15, 0.2) is 0 Å². The summed E-state index contributed by atoms with van der Waals surface area (Å²) in [7, 11) is -1.37. The van der Waals surface area contributed by atoms with E-state index in [2.05, 4.69) is 0 Å². The van der Waals surface area contributed by atoms with E-state index in [1.54, 1.807) is 13.8 Å². The second-order valence-corrected chi connectivity index (χ2v) is 5.57. The third kappa shape index (κ3) is 2.75. The van der Waals surface area contributed by atoms with Crippen molar-refractivity contribution in [1.29, 1.82) is 0 Å². The van der Waals surface area contributed by atoms with Crippen molar-refractivity contribution in [1.82, 2.24) is 0 Å². The highest BCUT2D eigenvalue weighted by atomic mass is 32.2. The first kappa shape index (κ1) is 13.0. The van der Waals surface area contributed by atoms with Gasteiger partial charge in [0.2, 0.25) is 0 Å². The number of nitrogen functional groups attached to an aromatic ring is 1. The van der Waals surface area contributed by atoms with Crippen molar-refractivity contribution in [2.24, 2.45) is 0 Å². The minimum absolute atomic E-state index is 0.0816. The number of hydrogen-bond acceptors (Lipinski definition) is 2. The molecule has 16 heavy (non-hydrogen) atoms. The molecule has 1 atom stereocenters. The van der Waals surface area contributed by atoms with Crippen LogP contribution in [0.3, 0.4) is 0 Å². The smallest absolute Gasteiger partial charge is 0.398 e. The lowest BCUT2D eigenvalue weighted by atomic mass is 10.2. The van der Waals surface area contributed by atoms with E-state index in [9.17, 15) is 17.4 Å². The van der Waals surface area contributed by atoms with Crippen LogP contribution >= 0.6 is 0 Å². The third-order valence-corrected chi connectivity index (χ3v) is 3.64. The number of benzene rings is 1. The van der Waals surface area contributed by atoms with E-state index in [1.165, 1.54) is 6.07 Å². The van der Waals surface area contributed by atoms with Crippen molar-refractivity contribution < 1.29 is 17.4 Å². The van der Waals surface area contributed by atoms with Gasteiger partial charge < -0.3 is 5.73 Å². The van der Waals surface area contributed by atoms with Gasteiger partial charge in [-0.05, 0) is 18.2 Å². The molecule has 0 amide bonds. The molecule has 0 fully saturated rings. The molecule has 0 aliphatic rings. The molecule has 0 aliphatic heterocycles. The van der Waals surface area contributed by atoms with Crippen LogP contribution in [0, 0.1) is 0 Å². The highest BCUT2D eigenvalue weighted by molar-refractivity contribution is 7.85. The SMILES string of the molecule is CC(C)S(=O)c1ccc(C(F)(F)F)cc1N. The van der Waals surface area contributed by atoms with Crippen LogP contribution in [0.2, 0.25) is 0 Å². The normalized spacial score (nSPS) is 14.1. The number of hydrogen-bond donors (Lipinski definition) is 1. The van der Waals surface area contributed by atoms with Crippen LogP contribution < -0.4 is 5.73 Å². The summed E-state index contributed by atoms with van der Waals surface area (Å²) < 4.78 is 48.7. The second-order valence-electron chi connectivity index (χ2n) is 3.60. The van der Waals surface area contributed by atoms with Gasteiger partial charge in [0.05, 0.1) is 21.3 Å². The van der Waals surface area contributed by atoms with Crippen molar-refractivity contribution in [3.05, 3.63) is 23.8 Å². The van der Waals surface area contributed by atoms with Gasteiger partial charge in [-0.15, -0.1) is 0 Å². The molecule has 0 aliphatic carbocycles. The topological polar surface area (TPSA) is 43.1 Å². The molecule has 1 aromatic rings. The molecule has 0 saturated carbocycles. The maximum absolute atomic E-state index is 12.3. The van der Waals surface area contributed by atoms with Crippen molar-refractivity contribution in [2.75, 3.05) is 5.73 Å². The molecule has 0 heterocycles. The number of halogens is 3. The fourth-order valence-electron chi connectivity index (χ4n) is 1.16. The predicted molar refractivity (Wildman–Crippen MR) is 57.4 cm³/mol. The Bertz CT molecular complexity index is 415. The first-order chi connectivity index (χ1) is 7.23. The highest BCUT2D eigenvalue weighted by Crippen LogP contribution is 2.32. The Kier molecular flexibility index (Phi) is 3.62. The van der Waals surface area contributed by atoms with E-state index >= 15 is 0 Å². The average Bonchev–Trinajstić information content (AvgIpc) is 2.15. The molecule has 90 valence electrons. The van der Waals surface area contributed by atoms with E-state index in [-0.39, 0.29) is 15.8 Å². The lowest BCUT2D eigenvalue weighted by Crippen LogP contribution is -2.11. The number of alkyl halides is 3. The Morgan fingerprint density at radius 2 is 1.88 bits per heavy atom. The first-order valence-corrected chi connectivity index (χ1v) is 5.82. The molecule has 1 aromatic carbocycles. The molecule has 0 aromatic heterocycles. The lowest BCUT2D eigenvalue weighted by Gasteiger charge is -2.12. The largest absolute Gasteiger partial charge is 0.416 e. The Hall–Kier alpha value is -1.04. The summed E-state index contributed by atoms with van der Waals surface area (Å²) in [6.07, 6.45) is -4.42. The van der Waals surface area contributed by atoms with Crippen LogP contribution in [0.15, 0.2) is 23.1 Å². The fourth-order valence-corrected chi connectivity index (χ4v) is 2.16. The molecular weight excluding hydrogens is 239 g/mol. The summed E-state index contributed by atoms with van der Waals surface area (Å²) in [6.45, 7) is 3.43. The van der Waals surface area contributed by atoms with Crippen molar-refractivity contribution in [2.45, 2.75) is 30.2 Å². The summed E-state index contributed by atoms with van der Waals surface area (Å²) >= 11 is 0. The lowest BCUT2D eigenvalue weighted by molar-refractivity contribution is -0.137. The third-order valence-electron chi connectivity index (χ3n) is 1.98. The van der Waals surface area contributed by atoms with Crippen LogP contribution in [0.25, 0.3) is 0 Å². The van der Waals surface area contributed by atoms with Crippen LogP contribution in [-0.2, 0) is 17.0 Å². The molecule has 1 rings (SSSR count). The summed E-state index contributed by atoms with van der Waals surface area (Å²) in [4.78, 5) is 0.253. The Morgan fingerprint density at radius 3 is 2.25 bits per heavy atom. The van der Waals surface area contributed by atoms with Gasteiger partial charge in [-0.25, -0.2) is 0 Å². The molecule has 0 radical (unpaired) electrons. The zero-order chi connectivity index (χ0) is 12.5. The zero-order valence-corrected chi connectivity index (χ0v) is 9.65. The summed E-state index contributed by atoms with van der Waals surface area (Å²) in [5, 5.41) is -0.181. The molecule has 6 heteroatoms. The van der Waals surface area contributed by atoms with Gasteiger partial charge in [-0.2, -0.15) is 13.2 Å². The zero-order valence-electron chi connectivity index (χ0n) is 8.84. The number of anilines is 1. The van der Waals surface area contributed by atoms with Gasteiger partial charge in [-0.1, -0.05) is 13.8 Å². The number of nitrogens with two attached hydrogens (primary N) is 1. The Morgan fingerprint density at radius 1 is 1.31 bits per heavy atom. The molecular formula is C10H12F3NOS. The van der Waals surface area contributed by atoms with Crippen LogP contribution in [0.5, 0.6) is 0 Å².